The summed E-state index contributed by atoms with van der Waals surface area (Å²) in [6, 6.07) is 7.27. The molecule has 5 heteroatoms. The molecule has 0 aliphatic carbocycles. The summed E-state index contributed by atoms with van der Waals surface area (Å²) >= 11 is 0. The molecular formula is C17H27N3O2. The smallest absolute Gasteiger partial charge is 0.243 e. The normalized spacial score (nSPS) is 12.1. The predicted molar refractivity (Wildman–Crippen MR) is 89.7 cm³/mol. The van der Waals surface area contributed by atoms with Gasteiger partial charge in [-0.2, -0.15) is 0 Å². The quantitative estimate of drug-likeness (QED) is 0.810. The Bertz CT molecular complexity index is 497. The Hall–Kier alpha value is -1.88. The first-order valence-electron chi connectivity index (χ1n) is 7.64. The molecule has 0 unspecified atom stereocenters. The number of carbonyl (C=O) groups is 2. The summed E-state index contributed by atoms with van der Waals surface area (Å²) in [4.78, 5) is 25.6. The van der Waals surface area contributed by atoms with Crippen LogP contribution in [0.4, 0.5) is 5.69 Å². The van der Waals surface area contributed by atoms with E-state index in [2.05, 4.69) is 24.5 Å². The monoisotopic (exact) mass is 305 g/mol. The molecule has 122 valence electrons. The molecule has 5 nitrogen and oxygen atoms in total. The van der Waals surface area contributed by atoms with Gasteiger partial charge in [-0.1, -0.05) is 31.5 Å². The highest BCUT2D eigenvalue weighted by atomic mass is 16.2. The molecule has 0 saturated heterocycles. The number of anilines is 1. The minimum atomic E-state index is -0.292. The summed E-state index contributed by atoms with van der Waals surface area (Å²) in [5.41, 5.74) is 1.87. The Morgan fingerprint density at radius 1 is 1.14 bits per heavy atom. The summed E-state index contributed by atoms with van der Waals surface area (Å²) in [6.07, 6.45) is 0. The molecule has 0 bridgehead atoms. The molecule has 2 amide bonds. The molecule has 1 atom stereocenters. The molecule has 2 N–H and O–H groups in total. The molecule has 1 aromatic rings. The minimum Gasteiger partial charge on any atom is -0.335 e. The van der Waals surface area contributed by atoms with Crippen molar-refractivity contribution in [2.24, 2.45) is 5.92 Å². The van der Waals surface area contributed by atoms with Crippen LogP contribution in [0.25, 0.3) is 0 Å². The highest BCUT2D eigenvalue weighted by Crippen LogP contribution is 2.08. The van der Waals surface area contributed by atoms with Crippen LogP contribution < -0.4 is 10.6 Å². The molecular weight excluding hydrogens is 278 g/mol. The molecule has 0 aliphatic rings. The van der Waals surface area contributed by atoms with E-state index in [-0.39, 0.29) is 24.4 Å². The first kappa shape index (κ1) is 18.2. The minimum absolute atomic E-state index is 0.0421. The topological polar surface area (TPSA) is 61.4 Å². The van der Waals surface area contributed by atoms with Gasteiger partial charge in [0.15, 0.2) is 0 Å². The number of benzene rings is 1. The third-order valence-corrected chi connectivity index (χ3v) is 3.30. The van der Waals surface area contributed by atoms with Crippen molar-refractivity contribution in [3.05, 3.63) is 29.8 Å². The van der Waals surface area contributed by atoms with Crippen LogP contribution in [-0.4, -0.2) is 42.9 Å². The van der Waals surface area contributed by atoms with Crippen LogP contribution in [0.3, 0.4) is 0 Å². The van der Waals surface area contributed by atoms with E-state index in [1.165, 1.54) is 4.90 Å². The second-order valence-electron chi connectivity index (χ2n) is 6.13. The van der Waals surface area contributed by atoms with Gasteiger partial charge in [0.05, 0.1) is 12.6 Å². The third-order valence-electron chi connectivity index (χ3n) is 3.30. The molecule has 0 aromatic heterocycles. The molecule has 0 aliphatic heterocycles. The van der Waals surface area contributed by atoms with Crippen LogP contribution in [0, 0.1) is 12.8 Å². The van der Waals surface area contributed by atoms with Gasteiger partial charge < -0.3 is 15.5 Å². The summed E-state index contributed by atoms with van der Waals surface area (Å²) in [5.74, 6) is 0.195. The van der Waals surface area contributed by atoms with Crippen molar-refractivity contribution in [2.75, 3.05) is 25.5 Å². The van der Waals surface area contributed by atoms with E-state index in [4.69, 9.17) is 0 Å². The lowest BCUT2D eigenvalue weighted by molar-refractivity contribution is -0.134. The Morgan fingerprint density at radius 3 is 2.27 bits per heavy atom. The second-order valence-corrected chi connectivity index (χ2v) is 6.13. The summed E-state index contributed by atoms with van der Waals surface area (Å²) in [7, 11) is 1.64. The fourth-order valence-corrected chi connectivity index (χ4v) is 1.96. The second kappa shape index (κ2) is 8.54. The fourth-order valence-electron chi connectivity index (χ4n) is 1.96. The SMILES string of the molecule is Cc1ccc(NC(=O)CN(C)C(=O)[C@@H](C)NCC(C)C)cc1. The molecule has 22 heavy (non-hydrogen) atoms. The van der Waals surface area contributed by atoms with Crippen LogP contribution in [0.5, 0.6) is 0 Å². The molecule has 0 spiro atoms. The predicted octanol–water partition coefficient (Wildman–Crippen LogP) is 2.03. The highest BCUT2D eigenvalue weighted by molar-refractivity contribution is 5.95. The fraction of sp³-hybridized carbons (Fsp3) is 0.529. The van der Waals surface area contributed by atoms with Crippen LogP contribution in [0.1, 0.15) is 26.3 Å². The summed E-state index contributed by atoms with van der Waals surface area (Å²) < 4.78 is 0. The van der Waals surface area contributed by atoms with E-state index in [1.54, 1.807) is 7.05 Å². The Morgan fingerprint density at radius 2 is 1.73 bits per heavy atom. The van der Waals surface area contributed by atoms with Crippen molar-refractivity contribution in [3.8, 4) is 0 Å². The van der Waals surface area contributed by atoms with E-state index in [0.29, 0.717) is 5.92 Å². The molecule has 1 aromatic carbocycles. The lowest BCUT2D eigenvalue weighted by Gasteiger charge is -2.22. The number of amides is 2. The number of hydrogen-bond acceptors (Lipinski definition) is 3. The standard InChI is InChI=1S/C17H27N3O2/c1-12(2)10-18-14(4)17(22)20(5)11-16(21)19-15-8-6-13(3)7-9-15/h6-9,12,14,18H,10-11H2,1-5H3,(H,19,21)/t14-/m1/s1. The maximum Gasteiger partial charge on any atom is 0.243 e. The average Bonchev–Trinajstić information content (AvgIpc) is 2.46. The molecule has 0 heterocycles. The maximum atomic E-state index is 12.2. The molecule has 0 saturated carbocycles. The Balaban J connectivity index is 2.45. The lowest BCUT2D eigenvalue weighted by Crippen LogP contribution is -2.46. The highest BCUT2D eigenvalue weighted by Gasteiger charge is 2.19. The summed E-state index contributed by atoms with van der Waals surface area (Å²) in [6.45, 7) is 8.80. The number of nitrogens with one attached hydrogen (secondary N) is 2. The van der Waals surface area contributed by atoms with Gasteiger partial charge >= 0.3 is 0 Å². The number of aryl methyl sites for hydroxylation is 1. The van der Waals surface area contributed by atoms with Crippen LogP contribution in [0.15, 0.2) is 24.3 Å². The van der Waals surface area contributed by atoms with E-state index in [9.17, 15) is 9.59 Å². The largest absolute Gasteiger partial charge is 0.335 e. The first-order chi connectivity index (χ1) is 10.3. The van der Waals surface area contributed by atoms with Crippen molar-refractivity contribution in [1.82, 2.24) is 10.2 Å². The van der Waals surface area contributed by atoms with Gasteiger partial charge in [-0.25, -0.2) is 0 Å². The van der Waals surface area contributed by atoms with E-state index in [0.717, 1.165) is 17.8 Å². The van der Waals surface area contributed by atoms with Crippen molar-refractivity contribution in [3.63, 3.8) is 0 Å². The third kappa shape index (κ3) is 6.26. The zero-order valence-corrected chi connectivity index (χ0v) is 14.1. The number of rotatable bonds is 7. The van der Waals surface area contributed by atoms with Gasteiger partial charge in [-0.3, -0.25) is 9.59 Å². The molecule has 0 radical (unpaired) electrons. The van der Waals surface area contributed by atoms with Crippen molar-refractivity contribution < 1.29 is 9.59 Å². The average molecular weight is 305 g/mol. The summed E-state index contributed by atoms with van der Waals surface area (Å²) in [5, 5.41) is 5.96. The number of nitrogens with zero attached hydrogens (tertiary/aromatic N) is 1. The zero-order valence-electron chi connectivity index (χ0n) is 14.1. The van der Waals surface area contributed by atoms with Crippen molar-refractivity contribution >= 4 is 17.5 Å². The molecule has 0 fully saturated rings. The van der Waals surface area contributed by atoms with Crippen molar-refractivity contribution in [1.29, 1.82) is 0 Å². The van der Waals surface area contributed by atoms with Crippen LogP contribution in [-0.2, 0) is 9.59 Å². The maximum absolute atomic E-state index is 12.2. The number of carbonyl (C=O) groups excluding carboxylic acids is 2. The first-order valence-corrected chi connectivity index (χ1v) is 7.64. The van der Waals surface area contributed by atoms with Crippen molar-refractivity contribution in [2.45, 2.75) is 33.7 Å². The van der Waals surface area contributed by atoms with Gasteiger partial charge in [0, 0.05) is 12.7 Å². The van der Waals surface area contributed by atoms with Gasteiger partial charge in [-0.15, -0.1) is 0 Å². The molecule has 1 rings (SSSR count). The van der Waals surface area contributed by atoms with E-state index >= 15 is 0 Å². The van der Waals surface area contributed by atoms with Gasteiger partial charge in [0.1, 0.15) is 0 Å². The lowest BCUT2D eigenvalue weighted by atomic mass is 10.2. The zero-order chi connectivity index (χ0) is 16.7. The van der Waals surface area contributed by atoms with Gasteiger partial charge in [0.25, 0.3) is 0 Å². The van der Waals surface area contributed by atoms with Crippen LogP contribution in [0.2, 0.25) is 0 Å². The van der Waals surface area contributed by atoms with Crippen LogP contribution >= 0.6 is 0 Å². The van der Waals surface area contributed by atoms with E-state index < -0.39 is 0 Å². The van der Waals surface area contributed by atoms with E-state index in [1.807, 2.05) is 38.1 Å². The van der Waals surface area contributed by atoms with Gasteiger partial charge in [0.2, 0.25) is 11.8 Å². The Kier molecular flexibility index (Phi) is 7.05. The number of likely N-dealkylation sites (N-methyl/N-ethyl adjacent to an activating group) is 1. The number of hydrogen-bond donors (Lipinski definition) is 2. The van der Waals surface area contributed by atoms with Gasteiger partial charge in [-0.05, 0) is 38.4 Å². The Labute approximate surface area is 133 Å².